The number of carbonyl (C=O) groups is 1. The smallest absolute Gasteiger partial charge is 0.231 e. The van der Waals surface area contributed by atoms with Crippen molar-refractivity contribution in [1.82, 2.24) is 0 Å². The van der Waals surface area contributed by atoms with Gasteiger partial charge in [0.15, 0.2) is 0 Å². The van der Waals surface area contributed by atoms with Gasteiger partial charge in [0, 0.05) is 11.2 Å². The van der Waals surface area contributed by atoms with Crippen LogP contribution < -0.4 is 11.1 Å². The Balaban J connectivity index is 2.91. The summed E-state index contributed by atoms with van der Waals surface area (Å²) in [5, 5.41) is 2.66. The second-order valence-electron chi connectivity index (χ2n) is 5.43. The maximum Gasteiger partial charge on any atom is 0.231 e. The summed E-state index contributed by atoms with van der Waals surface area (Å²) in [6.07, 6.45) is 0. The highest BCUT2D eigenvalue weighted by Crippen LogP contribution is 2.30. The Morgan fingerprint density at radius 3 is 2.33 bits per heavy atom. The van der Waals surface area contributed by atoms with Gasteiger partial charge >= 0.3 is 0 Å². The third-order valence-electron chi connectivity index (χ3n) is 3.36. The van der Waals surface area contributed by atoms with E-state index >= 15 is 0 Å². The summed E-state index contributed by atoms with van der Waals surface area (Å²) < 4.78 is 13.0. The summed E-state index contributed by atoms with van der Waals surface area (Å²) >= 11 is 5.65. The van der Waals surface area contributed by atoms with Crippen LogP contribution in [-0.4, -0.2) is 11.4 Å². The Morgan fingerprint density at radius 1 is 1.33 bits per heavy atom. The fraction of sp³-hybridized carbons (Fsp3) is 0.462. The molecule has 18 heavy (non-hydrogen) atoms. The number of nitrogens with two attached hydrogens (primary N) is 1. The summed E-state index contributed by atoms with van der Waals surface area (Å²) in [6, 6.07) is 4.03. The van der Waals surface area contributed by atoms with E-state index < -0.39 is 16.8 Å². The summed E-state index contributed by atoms with van der Waals surface area (Å²) in [7, 11) is 0. The zero-order chi connectivity index (χ0) is 14.1. The van der Waals surface area contributed by atoms with Gasteiger partial charge in [0.1, 0.15) is 5.82 Å². The zero-order valence-corrected chi connectivity index (χ0v) is 11.7. The van der Waals surface area contributed by atoms with E-state index in [0.29, 0.717) is 5.69 Å². The van der Waals surface area contributed by atoms with Crippen molar-refractivity contribution < 1.29 is 9.18 Å². The van der Waals surface area contributed by atoms with Crippen molar-refractivity contribution in [3.63, 3.8) is 0 Å². The number of amides is 1. The van der Waals surface area contributed by atoms with Gasteiger partial charge in [-0.1, -0.05) is 11.6 Å². The maximum atomic E-state index is 13.0. The van der Waals surface area contributed by atoms with Gasteiger partial charge in [-0.05, 0) is 45.9 Å². The molecule has 0 aromatic heterocycles. The molecule has 0 radical (unpaired) electrons. The Kier molecular flexibility index (Phi) is 4.03. The average molecular weight is 273 g/mol. The van der Waals surface area contributed by atoms with E-state index in [-0.39, 0.29) is 10.9 Å². The van der Waals surface area contributed by atoms with Crippen LogP contribution in [0.5, 0.6) is 0 Å². The van der Waals surface area contributed by atoms with Crippen LogP contribution in [-0.2, 0) is 4.79 Å². The molecule has 0 heterocycles. The Labute approximate surface area is 112 Å². The molecule has 0 atom stereocenters. The largest absolute Gasteiger partial charge is 0.326 e. The third-order valence-corrected chi connectivity index (χ3v) is 3.65. The number of halogens is 2. The molecular weight excluding hydrogens is 255 g/mol. The van der Waals surface area contributed by atoms with E-state index in [9.17, 15) is 9.18 Å². The van der Waals surface area contributed by atoms with Gasteiger partial charge in [0.25, 0.3) is 0 Å². The van der Waals surface area contributed by atoms with Gasteiger partial charge in [-0.25, -0.2) is 4.39 Å². The van der Waals surface area contributed by atoms with E-state index in [4.69, 9.17) is 17.3 Å². The van der Waals surface area contributed by atoms with Crippen molar-refractivity contribution in [2.45, 2.75) is 33.2 Å². The molecule has 3 N–H and O–H groups in total. The first-order valence-corrected chi connectivity index (χ1v) is 5.99. The van der Waals surface area contributed by atoms with Crippen molar-refractivity contribution in [3.8, 4) is 0 Å². The molecule has 1 aromatic rings. The van der Waals surface area contributed by atoms with Gasteiger partial charge in [-0.3, -0.25) is 4.79 Å². The highest BCUT2D eigenvalue weighted by molar-refractivity contribution is 6.31. The van der Waals surface area contributed by atoms with Gasteiger partial charge in [0.2, 0.25) is 5.91 Å². The zero-order valence-electron chi connectivity index (χ0n) is 11.0. The number of nitrogens with one attached hydrogen (secondary N) is 1. The fourth-order valence-electron chi connectivity index (χ4n) is 1.15. The first-order chi connectivity index (χ1) is 8.05. The fourth-order valence-corrected chi connectivity index (χ4v) is 1.33. The molecule has 3 nitrogen and oxygen atoms in total. The number of benzene rings is 1. The lowest BCUT2D eigenvalue weighted by Crippen LogP contribution is -2.53. The summed E-state index contributed by atoms with van der Waals surface area (Å²) in [6.45, 7) is 7.08. The standard InChI is InChI=1S/C13H18ClFN2O/c1-12(2,13(3,4)16)11(18)17-8-5-6-10(15)9(14)7-8/h5-7H,16H2,1-4H3,(H,17,18). The highest BCUT2D eigenvalue weighted by atomic mass is 35.5. The van der Waals surface area contributed by atoms with E-state index in [1.165, 1.54) is 18.2 Å². The number of hydrogen-bond donors (Lipinski definition) is 2. The first kappa shape index (κ1) is 14.9. The molecule has 0 saturated heterocycles. The quantitative estimate of drug-likeness (QED) is 0.888. The minimum absolute atomic E-state index is 0.0300. The number of anilines is 1. The minimum atomic E-state index is -0.770. The summed E-state index contributed by atoms with van der Waals surface area (Å²) in [4.78, 5) is 12.1. The predicted octanol–water partition coefficient (Wildman–Crippen LogP) is 3.18. The molecule has 0 fully saturated rings. The molecule has 0 aliphatic carbocycles. The van der Waals surface area contributed by atoms with E-state index in [1.807, 2.05) is 0 Å². The lowest BCUT2D eigenvalue weighted by molar-refractivity contribution is -0.126. The van der Waals surface area contributed by atoms with E-state index in [1.54, 1.807) is 27.7 Å². The van der Waals surface area contributed by atoms with Crippen LogP contribution in [0.3, 0.4) is 0 Å². The normalized spacial score (nSPS) is 12.4. The predicted molar refractivity (Wildman–Crippen MR) is 72.1 cm³/mol. The van der Waals surface area contributed by atoms with Crippen LogP contribution >= 0.6 is 11.6 Å². The van der Waals surface area contributed by atoms with Crippen LogP contribution in [0.25, 0.3) is 0 Å². The van der Waals surface area contributed by atoms with E-state index in [0.717, 1.165) is 0 Å². The Hall–Kier alpha value is -1.13. The van der Waals surface area contributed by atoms with Gasteiger partial charge in [0.05, 0.1) is 10.4 Å². The molecule has 0 saturated carbocycles. The molecule has 100 valence electrons. The number of rotatable bonds is 3. The minimum Gasteiger partial charge on any atom is -0.326 e. The Morgan fingerprint density at radius 2 is 1.89 bits per heavy atom. The lowest BCUT2D eigenvalue weighted by Gasteiger charge is -2.36. The van der Waals surface area contributed by atoms with Gasteiger partial charge in [-0.15, -0.1) is 0 Å². The van der Waals surface area contributed by atoms with Crippen LogP contribution in [0.15, 0.2) is 18.2 Å². The van der Waals surface area contributed by atoms with Gasteiger partial charge < -0.3 is 11.1 Å². The molecule has 1 amide bonds. The van der Waals surface area contributed by atoms with Crippen molar-refractivity contribution in [2.24, 2.45) is 11.1 Å². The molecule has 5 heteroatoms. The molecule has 1 aromatic carbocycles. The topological polar surface area (TPSA) is 55.1 Å². The van der Waals surface area contributed by atoms with Crippen molar-refractivity contribution in [1.29, 1.82) is 0 Å². The molecule has 0 aliphatic heterocycles. The molecule has 0 aliphatic rings. The monoisotopic (exact) mass is 272 g/mol. The van der Waals surface area contributed by atoms with Gasteiger partial charge in [-0.2, -0.15) is 0 Å². The second kappa shape index (κ2) is 4.86. The van der Waals surface area contributed by atoms with E-state index in [2.05, 4.69) is 5.32 Å². The third kappa shape index (κ3) is 3.00. The molecule has 0 unspecified atom stereocenters. The van der Waals surface area contributed by atoms with Crippen LogP contribution in [0.1, 0.15) is 27.7 Å². The molecule has 0 spiro atoms. The van der Waals surface area contributed by atoms with Crippen molar-refractivity contribution in [2.75, 3.05) is 5.32 Å². The van der Waals surface area contributed by atoms with Crippen LogP contribution in [0.2, 0.25) is 5.02 Å². The maximum absolute atomic E-state index is 13.0. The van der Waals surface area contributed by atoms with Crippen LogP contribution in [0.4, 0.5) is 10.1 Å². The summed E-state index contributed by atoms with van der Waals surface area (Å²) in [5.41, 5.74) is 4.97. The van der Waals surface area contributed by atoms with Crippen LogP contribution in [0, 0.1) is 11.2 Å². The summed E-state index contributed by atoms with van der Waals surface area (Å²) in [5.74, 6) is -0.759. The SMILES string of the molecule is CC(C)(N)C(C)(C)C(=O)Nc1ccc(F)c(Cl)c1. The highest BCUT2D eigenvalue weighted by Gasteiger charge is 2.40. The average Bonchev–Trinajstić information content (AvgIpc) is 2.21. The Bertz CT molecular complexity index is 467. The lowest BCUT2D eigenvalue weighted by atomic mass is 9.74. The number of carbonyl (C=O) groups excluding carboxylic acids is 1. The molecule has 1 rings (SSSR count). The number of hydrogen-bond acceptors (Lipinski definition) is 2. The second-order valence-corrected chi connectivity index (χ2v) is 5.84. The first-order valence-electron chi connectivity index (χ1n) is 5.61. The van der Waals surface area contributed by atoms with Crippen molar-refractivity contribution >= 4 is 23.2 Å². The molecule has 0 bridgehead atoms. The molecular formula is C13H18ClFN2O. The van der Waals surface area contributed by atoms with Crippen molar-refractivity contribution in [3.05, 3.63) is 29.0 Å².